The van der Waals surface area contributed by atoms with Gasteiger partial charge in [0.05, 0.1) is 6.04 Å². The molecular formula is C31H33FN6O. The van der Waals surface area contributed by atoms with Crippen LogP contribution in [0.3, 0.4) is 0 Å². The van der Waals surface area contributed by atoms with Crippen molar-refractivity contribution in [2.75, 3.05) is 0 Å². The molecule has 7 nitrogen and oxygen atoms in total. The number of tetrazole rings is 1. The zero-order valence-corrected chi connectivity index (χ0v) is 22.6. The van der Waals surface area contributed by atoms with E-state index in [1.807, 2.05) is 41.9 Å². The number of hydrogen-bond acceptors (Lipinski definition) is 5. The van der Waals surface area contributed by atoms with Crippen molar-refractivity contribution in [2.45, 2.75) is 59.3 Å². The maximum Gasteiger partial charge on any atom is 0.252 e. The van der Waals surface area contributed by atoms with Crippen LogP contribution in [0.1, 0.15) is 53.0 Å². The van der Waals surface area contributed by atoms with Gasteiger partial charge in [0.25, 0.3) is 5.56 Å². The van der Waals surface area contributed by atoms with Gasteiger partial charge in [-0.25, -0.2) is 9.07 Å². The molecule has 0 saturated heterocycles. The number of rotatable bonds is 10. The summed E-state index contributed by atoms with van der Waals surface area (Å²) in [7, 11) is 0. The third-order valence-corrected chi connectivity index (χ3v) is 7.35. The maximum atomic E-state index is 13.7. The minimum atomic E-state index is -0.279. The van der Waals surface area contributed by atoms with E-state index in [4.69, 9.17) is 0 Å². The number of aryl methyl sites for hydroxylation is 4. The smallest absolute Gasteiger partial charge is 0.252 e. The molecule has 0 aliphatic carbocycles. The highest BCUT2D eigenvalue weighted by Crippen LogP contribution is 2.27. The first-order valence-corrected chi connectivity index (χ1v) is 13.3. The molecule has 200 valence electrons. The third-order valence-electron chi connectivity index (χ3n) is 7.35. The highest BCUT2D eigenvalue weighted by Gasteiger charge is 2.26. The number of benzene rings is 3. The van der Waals surface area contributed by atoms with Gasteiger partial charge in [0, 0.05) is 30.7 Å². The first-order valence-electron chi connectivity index (χ1n) is 13.3. The fourth-order valence-electron chi connectivity index (χ4n) is 5.05. The molecule has 1 atom stereocenters. The molecule has 1 N–H and O–H groups in total. The van der Waals surface area contributed by atoms with Crippen molar-refractivity contribution in [1.29, 1.82) is 0 Å². The van der Waals surface area contributed by atoms with E-state index >= 15 is 0 Å². The maximum absolute atomic E-state index is 13.7. The van der Waals surface area contributed by atoms with Crippen LogP contribution >= 0.6 is 0 Å². The predicted octanol–water partition coefficient (Wildman–Crippen LogP) is 5.67. The van der Waals surface area contributed by atoms with Crippen LogP contribution in [0.15, 0.2) is 77.6 Å². The third kappa shape index (κ3) is 6.12. The molecule has 2 heterocycles. The Hall–Kier alpha value is -4.17. The predicted molar refractivity (Wildman–Crippen MR) is 151 cm³/mol. The Morgan fingerprint density at radius 1 is 0.949 bits per heavy atom. The standard InChI is InChI=1S/C31H33FN6O/c1-4-29(30-34-35-36-38(30)15-14-23-8-6-5-7-9-23)37(19-24-10-12-27(32)13-11-24)20-26-18-25-16-21(2)22(3)17-28(25)33-31(26)39/h5-13,16-18,29H,4,14-15,19-20H2,1-3H3,(H,33,39)/t29-/m0/s1. The molecule has 39 heavy (non-hydrogen) atoms. The molecule has 0 amide bonds. The van der Waals surface area contributed by atoms with E-state index in [0.29, 0.717) is 25.2 Å². The molecule has 5 rings (SSSR count). The van der Waals surface area contributed by atoms with Crippen molar-refractivity contribution in [3.63, 3.8) is 0 Å². The lowest BCUT2D eigenvalue weighted by atomic mass is 10.0. The second-order valence-corrected chi connectivity index (χ2v) is 10.1. The van der Waals surface area contributed by atoms with Crippen LogP contribution < -0.4 is 5.56 Å². The van der Waals surface area contributed by atoms with E-state index in [9.17, 15) is 9.18 Å². The molecular weight excluding hydrogens is 491 g/mol. The molecule has 0 unspecified atom stereocenters. The summed E-state index contributed by atoms with van der Waals surface area (Å²) in [6, 6.07) is 22.7. The summed E-state index contributed by atoms with van der Waals surface area (Å²) in [6.45, 7) is 7.74. The number of pyridine rings is 1. The zero-order valence-electron chi connectivity index (χ0n) is 22.6. The lowest BCUT2D eigenvalue weighted by molar-refractivity contribution is 0.160. The summed E-state index contributed by atoms with van der Waals surface area (Å²) in [5, 5.41) is 13.7. The second kappa shape index (κ2) is 11.7. The van der Waals surface area contributed by atoms with Gasteiger partial charge in [-0.15, -0.1) is 5.10 Å². The average Bonchev–Trinajstić information content (AvgIpc) is 3.39. The number of nitrogens with zero attached hydrogens (tertiary/aromatic N) is 5. The van der Waals surface area contributed by atoms with Gasteiger partial charge in [-0.2, -0.15) is 0 Å². The summed E-state index contributed by atoms with van der Waals surface area (Å²) in [5.74, 6) is 0.470. The van der Waals surface area contributed by atoms with Crippen molar-refractivity contribution in [2.24, 2.45) is 0 Å². The lowest BCUT2D eigenvalue weighted by Gasteiger charge is -2.30. The molecule has 0 fully saturated rings. The van der Waals surface area contributed by atoms with Crippen LogP contribution in [-0.4, -0.2) is 30.1 Å². The SMILES string of the molecule is CC[C@@H](c1nnnn1CCc1ccccc1)N(Cc1ccc(F)cc1)Cc1cc2cc(C)c(C)cc2[nH]c1=O. The first-order chi connectivity index (χ1) is 18.9. The summed E-state index contributed by atoms with van der Waals surface area (Å²) >= 11 is 0. The molecule has 3 aromatic carbocycles. The molecule has 0 saturated carbocycles. The van der Waals surface area contributed by atoms with Crippen LogP contribution in [0.2, 0.25) is 0 Å². The summed E-state index contributed by atoms with van der Waals surface area (Å²) in [6.07, 6.45) is 1.53. The molecule has 0 bridgehead atoms. The Balaban J connectivity index is 1.49. The van der Waals surface area contributed by atoms with Gasteiger partial charge in [-0.05, 0) is 95.1 Å². The van der Waals surface area contributed by atoms with Gasteiger partial charge < -0.3 is 4.98 Å². The topological polar surface area (TPSA) is 79.7 Å². The van der Waals surface area contributed by atoms with Gasteiger partial charge in [-0.3, -0.25) is 9.69 Å². The Morgan fingerprint density at radius 2 is 1.69 bits per heavy atom. The van der Waals surface area contributed by atoms with Crippen LogP contribution in [0, 0.1) is 19.7 Å². The number of fused-ring (bicyclic) bond motifs is 1. The van der Waals surface area contributed by atoms with E-state index in [0.717, 1.165) is 40.7 Å². The largest absolute Gasteiger partial charge is 0.322 e. The van der Waals surface area contributed by atoms with E-state index in [1.54, 1.807) is 12.1 Å². The number of aromatic nitrogens is 5. The summed E-state index contributed by atoms with van der Waals surface area (Å²) in [5.41, 5.74) is 5.84. The van der Waals surface area contributed by atoms with E-state index in [1.165, 1.54) is 23.3 Å². The van der Waals surface area contributed by atoms with Crippen LogP contribution in [0.5, 0.6) is 0 Å². The zero-order chi connectivity index (χ0) is 27.4. The Labute approximate surface area is 227 Å². The van der Waals surface area contributed by atoms with E-state index < -0.39 is 0 Å². The number of aromatic amines is 1. The van der Waals surface area contributed by atoms with Crippen LogP contribution in [0.25, 0.3) is 10.9 Å². The van der Waals surface area contributed by atoms with E-state index in [-0.39, 0.29) is 17.4 Å². The molecule has 0 aliphatic heterocycles. The minimum Gasteiger partial charge on any atom is -0.322 e. The van der Waals surface area contributed by atoms with Gasteiger partial charge in [-0.1, -0.05) is 49.4 Å². The quantitative estimate of drug-likeness (QED) is 0.255. The monoisotopic (exact) mass is 524 g/mol. The number of H-pyrrole nitrogens is 1. The van der Waals surface area contributed by atoms with Crippen LogP contribution in [-0.2, 0) is 26.1 Å². The fraction of sp³-hybridized carbons (Fsp3) is 0.290. The molecule has 0 radical (unpaired) electrons. The van der Waals surface area contributed by atoms with Crippen molar-refractivity contribution in [1.82, 2.24) is 30.1 Å². The van der Waals surface area contributed by atoms with Gasteiger partial charge in [0.1, 0.15) is 5.82 Å². The van der Waals surface area contributed by atoms with E-state index in [2.05, 4.69) is 57.5 Å². The molecule has 0 aliphatic rings. The van der Waals surface area contributed by atoms with Crippen LogP contribution in [0.4, 0.5) is 4.39 Å². The minimum absolute atomic E-state index is 0.117. The molecule has 5 aromatic rings. The Kier molecular flexibility index (Phi) is 7.93. The number of halogens is 1. The van der Waals surface area contributed by atoms with Gasteiger partial charge in [0.2, 0.25) is 0 Å². The lowest BCUT2D eigenvalue weighted by Crippen LogP contribution is -2.32. The van der Waals surface area contributed by atoms with Crippen molar-refractivity contribution >= 4 is 10.9 Å². The van der Waals surface area contributed by atoms with Crippen molar-refractivity contribution in [3.05, 3.63) is 123 Å². The van der Waals surface area contributed by atoms with Crippen molar-refractivity contribution < 1.29 is 4.39 Å². The van der Waals surface area contributed by atoms with Gasteiger partial charge >= 0.3 is 0 Å². The van der Waals surface area contributed by atoms with Gasteiger partial charge in [0.15, 0.2) is 5.82 Å². The number of nitrogens with one attached hydrogen (secondary N) is 1. The Morgan fingerprint density at radius 3 is 2.44 bits per heavy atom. The highest BCUT2D eigenvalue weighted by atomic mass is 19.1. The molecule has 8 heteroatoms. The average molecular weight is 525 g/mol. The summed E-state index contributed by atoms with van der Waals surface area (Å²) in [4.78, 5) is 18.5. The fourth-order valence-corrected chi connectivity index (χ4v) is 5.05. The Bertz CT molecular complexity index is 1610. The van der Waals surface area contributed by atoms with Crippen molar-refractivity contribution in [3.8, 4) is 0 Å². The molecule has 0 spiro atoms. The summed E-state index contributed by atoms with van der Waals surface area (Å²) < 4.78 is 15.5. The normalized spacial score (nSPS) is 12.3. The highest BCUT2D eigenvalue weighted by molar-refractivity contribution is 5.80. The second-order valence-electron chi connectivity index (χ2n) is 10.1. The number of hydrogen-bond donors (Lipinski definition) is 1. The first kappa shape index (κ1) is 26.4. The molecule has 2 aromatic heterocycles.